The topological polar surface area (TPSA) is 72.5 Å². The van der Waals surface area contributed by atoms with Gasteiger partial charge in [0.2, 0.25) is 0 Å². The highest BCUT2D eigenvalue weighted by Gasteiger charge is 2.14. The third-order valence-corrected chi connectivity index (χ3v) is 3.68. The number of amides is 1. The summed E-state index contributed by atoms with van der Waals surface area (Å²) in [7, 11) is 0. The van der Waals surface area contributed by atoms with Gasteiger partial charge in [-0.3, -0.25) is 14.4 Å². The van der Waals surface area contributed by atoms with Gasteiger partial charge in [-0.2, -0.15) is 0 Å². The first kappa shape index (κ1) is 18.9. The molecule has 23 heavy (non-hydrogen) atoms. The highest BCUT2D eigenvalue weighted by atomic mass is 16.5. The summed E-state index contributed by atoms with van der Waals surface area (Å²) in [6, 6.07) is 7.20. The average Bonchev–Trinajstić information content (AvgIpc) is 2.51. The molecule has 1 aromatic carbocycles. The van der Waals surface area contributed by atoms with Crippen LogP contribution >= 0.6 is 0 Å². The van der Waals surface area contributed by atoms with Gasteiger partial charge < -0.3 is 10.1 Å². The van der Waals surface area contributed by atoms with E-state index in [0.29, 0.717) is 11.5 Å². The van der Waals surface area contributed by atoms with Crippen molar-refractivity contribution in [2.24, 2.45) is 5.92 Å². The Morgan fingerprint density at radius 2 is 1.65 bits per heavy atom. The Kier molecular flexibility index (Phi) is 7.45. The van der Waals surface area contributed by atoms with Gasteiger partial charge in [0.25, 0.3) is 5.91 Å². The van der Waals surface area contributed by atoms with Gasteiger partial charge in [-0.05, 0) is 19.8 Å². The molecule has 1 unspecified atom stereocenters. The Hall–Kier alpha value is -2.17. The van der Waals surface area contributed by atoms with Crippen molar-refractivity contribution < 1.29 is 19.1 Å². The minimum absolute atomic E-state index is 0.0179. The number of aryl methyl sites for hydroxylation is 1. The molecule has 1 aromatic rings. The molecule has 126 valence electrons. The van der Waals surface area contributed by atoms with E-state index in [0.717, 1.165) is 5.56 Å². The maximum absolute atomic E-state index is 11.9. The molecule has 0 saturated carbocycles. The van der Waals surface area contributed by atoms with Gasteiger partial charge in [0.15, 0.2) is 12.4 Å². The second-order valence-electron chi connectivity index (χ2n) is 6.05. The summed E-state index contributed by atoms with van der Waals surface area (Å²) < 4.78 is 4.89. The van der Waals surface area contributed by atoms with Crippen LogP contribution in [0.2, 0.25) is 0 Å². The SMILES string of the molecule is Cc1ccc(C(=O)CCC(=O)OCC(=O)NC(C)C(C)C)cc1. The summed E-state index contributed by atoms with van der Waals surface area (Å²) in [5.74, 6) is -0.677. The highest BCUT2D eigenvalue weighted by molar-refractivity contribution is 5.97. The number of ketones is 1. The number of esters is 1. The van der Waals surface area contributed by atoms with E-state index in [1.165, 1.54) is 0 Å². The monoisotopic (exact) mass is 319 g/mol. The second-order valence-corrected chi connectivity index (χ2v) is 6.05. The Morgan fingerprint density at radius 1 is 1.04 bits per heavy atom. The zero-order valence-corrected chi connectivity index (χ0v) is 14.2. The van der Waals surface area contributed by atoms with Gasteiger partial charge in [-0.15, -0.1) is 0 Å². The molecule has 1 amide bonds. The smallest absolute Gasteiger partial charge is 0.306 e. The quantitative estimate of drug-likeness (QED) is 0.590. The van der Waals surface area contributed by atoms with Gasteiger partial charge in [-0.1, -0.05) is 43.7 Å². The van der Waals surface area contributed by atoms with Crippen molar-refractivity contribution in [2.75, 3.05) is 6.61 Å². The number of nitrogens with one attached hydrogen (secondary N) is 1. The number of rotatable bonds is 8. The molecule has 0 saturated heterocycles. The van der Waals surface area contributed by atoms with Gasteiger partial charge in [0.1, 0.15) is 0 Å². The van der Waals surface area contributed by atoms with Gasteiger partial charge in [0.05, 0.1) is 6.42 Å². The summed E-state index contributed by atoms with van der Waals surface area (Å²) in [5, 5.41) is 2.75. The third-order valence-electron chi connectivity index (χ3n) is 3.68. The number of carbonyl (C=O) groups excluding carboxylic acids is 3. The van der Waals surface area contributed by atoms with E-state index >= 15 is 0 Å². The first-order valence-corrected chi connectivity index (χ1v) is 7.84. The summed E-state index contributed by atoms with van der Waals surface area (Å²) in [4.78, 5) is 35.1. The third kappa shape index (κ3) is 7.08. The van der Waals surface area contributed by atoms with Crippen LogP contribution in [-0.4, -0.2) is 30.3 Å². The Balaban J connectivity index is 2.30. The number of hydrogen-bond donors (Lipinski definition) is 1. The highest BCUT2D eigenvalue weighted by Crippen LogP contribution is 2.08. The number of ether oxygens (including phenoxy) is 1. The number of Topliss-reactive ketones (excluding diaryl/α,β-unsaturated/α-hetero) is 1. The van der Waals surface area contributed by atoms with E-state index < -0.39 is 5.97 Å². The fourth-order valence-electron chi connectivity index (χ4n) is 1.78. The first-order valence-electron chi connectivity index (χ1n) is 7.84. The normalized spacial score (nSPS) is 11.9. The van der Waals surface area contributed by atoms with Crippen molar-refractivity contribution in [1.29, 1.82) is 0 Å². The van der Waals surface area contributed by atoms with Crippen molar-refractivity contribution in [3.8, 4) is 0 Å². The van der Waals surface area contributed by atoms with Crippen molar-refractivity contribution >= 4 is 17.7 Å². The Labute approximate surface area is 137 Å². The molecule has 0 radical (unpaired) electrons. The van der Waals surface area contributed by atoms with Crippen LogP contribution in [0, 0.1) is 12.8 Å². The molecule has 0 bridgehead atoms. The molecule has 0 fully saturated rings. The molecular formula is C18H25NO4. The second kappa shape index (κ2) is 9.08. The van der Waals surface area contributed by atoms with Crippen LogP contribution in [-0.2, 0) is 14.3 Å². The molecule has 0 spiro atoms. The van der Waals surface area contributed by atoms with E-state index in [-0.39, 0.29) is 37.2 Å². The first-order chi connectivity index (χ1) is 10.8. The van der Waals surface area contributed by atoms with Crippen molar-refractivity contribution in [3.63, 3.8) is 0 Å². The molecule has 0 aromatic heterocycles. The zero-order valence-electron chi connectivity index (χ0n) is 14.2. The fraction of sp³-hybridized carbons (Fsp3) is 0.500. The van der Waals surface area contributed by atoms with Crippen LogP contribution in [0.4, 0.5) is 0 Å². The molecule has 0 aliphatic rings. The summed E-state index contributed by atoms with van der Waals surface area (Å²) in [6.07, 6.45) is 0.0473. The molecular weight excluding hydrogens is 294 g/mol. The van der Waals surface area contributed by atoms with E-state index in [4.69, 9.17) is 4.74 Å². The predicted octanol–water partition coefficient (Wildman–Crippen LogP) is 2.66. The lowest BCUT2D eigenvalue weighted by atomic mass is 10.1. The minimum Gasteiger partial charge on any atom is -0.456 e. The minimum atomic E-state index is -0.544. The lowest BCUT2D eigenvalue weighted by Gasteiger charge is -2.17. The van der Waals surface area contributed by atoms with Gasteiger partial charge in [0, 0.05) is 18.0 Å². The molecule has 0 aliphatic heterocycles. The van der Waals surface area contributed by atoms with Crippen LogP contribution in [0.1, 0.15) is 49.5 Å². The predicted molar refractivity (Wildman–Crippen MR) is 88.1 cm³/mol. The van der Waals surface area contributed by atoms with E-state index in [1.807, 2.05) is 39.8 Å². The number of hydrogen-bond acceptors (Lipinski definition) is 4. The van der Waals surface area contributed by atoms with Crippen molar-refractivity contribution in [1.82, 2.24) is 5.32 Å². The van der Waals surface area contributed by atoms with Crippen molar-refractivity contribution in [3.05, 3.63) is 35.4 Å². The maximum Gasteiger partial charge on any atom is 0.306 e. The Morgan fingerprint density at radius 3 is 2.22 bits per heavy atom. The van der Waals surface area contributed by atoms with Gasteiger partial charge in [-0.25, -0.2) is 0 Å². The summed E-state index contributed by atoms with van der Waals surface area (Å²) in [5.41, 5.74) is 1.65. The largest absolute Gasteiger partial charge is 0.456 e. The molecule has 0 heterocycles. The van der Waals surface area contributed by atoms with Crippen LogP contribution < -0.4 is 5.32 Å². The lowest BCUT2D eigenvalue weighted by molar-refractivity contribution is -0.148. The fourth-order valence-corrected chi connectivity index (χ4v) is 1.78. The molecule has 5 nitrogen and oxygen atoms in total. The standard InChI is InChI=1S/C18H25NO4/c1-12(2)14(4)19-17(21)11-23-18(22)10-9-16(20)15-7-5-13(3)6-8-15/h5-8,12,14H,9-11H2,1-4H3,(H,19,21). The van der Waals surface area contributed by atoms with Crippen LogP contribution in [0.15, 0.2) is 24.3 Å². The van der Waals surface area contributed by atoms with Crippen LogP contribution in [0.5, 0.6) is 0 Å². The molecule has 1 rings (SSSR count). The number of benzene rings is 1. The van der Waals surface area contributed by atoms with Crippen LogP contribution in [0.25, 0.3) is 0 Å². The van der Waals surface area contributed by atoms with Crippen LogP contribution in [0.3, 0.4) is 0 Å². The summed E-state index contributed by atoms with van der Waals surface area (Å²) in [6.45, 7) is 7.51. The number of carbonyl (C=O) groups is 3. The van der Waals surface area contributed by atoms with Gasteiger partial charge >= 0.3 is 5.97 Å². The lowest BCUT2D eigenvalue weighted by Crippen LogP contribution is -2.38. The molecule has 0 aliphatic carbocycles. The Bertz CT molecular complexity index is 549. The van der Waals surface area contributed by atoms with E-state index in [1.54, 1.807) is 12.1 Å². The molecule has 1 N–H and O–H groups in total. The maximum atomic E-state index is 11.9. The van der Waals surface area contributed by atoms with Crippen molar-refractivity contribution in [2.45, 2.75) is 46.6 Å². The molecule has 5 heteroatoms. The van der Waals surface area contributed by atoms with E-state index in [9.17, 15) is 14.4 Å². The summed E-state index contributed by atoms with van der Waals surface area (Å²) >= 11 is 0. The zero-order chi connectivity index (χ0) is 17.4. The molecule has 1 atom stereocenters. The van der Waals surface area contributed by atoms with E-state index in [2.05, 4.69) is 5.32 Å². The average molecular weight is 319 g/mol.